The molecule has 0 unspecified atom stereocenters. The third kappa shape index (κ3) is 7.55. The number of hydrogen-bond acceptors (Lipinski definition) is 5. The second-order valence-corrected chi connectivity index (χ2v) is 7.12. The van der Waals surface area contributed by atoms with Gasteiger partial charge >= 0.3 is 5.97 Å². The maximum absolute atomic E-state index is 12.0. The summed E-state index contributed by atoms with van der Waals surface area (Å²) in [5.74, 6) is -1.49. The quantitative estimate of drug-likeness (QED) is 0.573. The number of hydrogen-bond donors (Lipinski definition) is 2. The Kier molecular flexibility index (Phi) is 8.09. The van der Waals surface area contributed by atoms with Crippen molar-refractivity contribution in [2.45, 2.75) is 41.0 Å². The number of ether oxygens (including phenoxy) is 1. The van der Waals surface area contributed by atoms with E-state index in [-0.39, 0.29) is 11.8 Å². The van der Waals surface area contributed by atoms with E-state index >= 15 is 0 Å². The minimum absolute atomic E-state index is 0.209. The van der Waals surface area contributed by atoms with Crippen LogP contribution in [0.3, 0.4) is 0 Å². The number of nitrogens with one attached hydrogen (secondary N) is 2. The van der Waals surface area contributed by atoms with Gasteiger partial charge in [-0.3, -0.25) is 25.2 Å². The molecule has 0 saturated carbocycles. The van der Waals surface area contributed by atoms with Gasteiger partial charge in [0.05, 0.1) is 6.42 Å². The molecule has 144 valence electrons. The number of amides is 2. The van der Waals surface area contributed by atoms with Gasteiger partial charge in [-0.2, -0.15) is 0 Å². The maximum atomic E-state index is 12.0. The fraction of sp³-hybridized carbons (Fsp3) is 0.526. The van der Waals surface area contributed by atoms with Crippen LogP contribution in [0.5, 0.6) is 0 Å². The Bertz CT molecular complexity index is 617. The predicted octanol–water partition coefficient (Wildman–Crippen LogP) is 2.27. The summed E-state index contributed by atoms with van der Waals surface area (Å²) >= 11 is 0. The van der Waals surface area contributed by atoms with Crippen LogP contribution in [-0.4, -0.2) is 37.5 Å². The molecule has 0 saturated heterocycles. The number of esters is 1. The molecule has 0 aromatic heterocycles. The number of carbonyl (C=O) groups excluding carboxylic acids is 3. The van der Waals surface area contributed by atoms with Crippen molar-refractivity contribution in [3.05, 3.63) is 29.8 Å². The van der Waals surface area contributed by atoms with Crippen molar-refractivity contribution in [2.24, 2.45) is 5.41 Å². The lowest BCUT2D eigenvalue weighted by Gasteiger charge is -2.21. The van der Waals surface area contributed by atoms with Crippen LogP contribution in [0.15, 0.2) is 24.3 Å². The smallest absolute Gasteiger partial charge is 0.306 e. The molecule has 0 fully saturated rings. The average molecular weight is 363 g/mol. The van der Waals surface area contributed by atoms with Gasteiger partial charge in [0, 0.05) is 24.3 Å². The van der Waals surface area contributed by atoms with E-state index in [0.29, 0.717) is 5.56 Å². The maximum Gasteiger partial charge on any atom is 0.306 e. The molecule has 0 heterocycles. The number of carbonyl (C=O) groups is 3. The molecular weight excluding hydrogens is 334 g/mol. The third-order valence-electron chi connectivity index (χ3n) is 3.61. The monoisotopic (exact) mass is 363 g/mol. The summed E-state index contributed by atoms with van der Waals surface area (Å²) in [5.41, 5.74) is 5.78. The minimum Gasteiger partial charge on any atom is -0.455 e. The zero-order chi connectivity index (χ0) is 19.7. The van der Waals surface area contributed by atoms with Crippen LogP contribution in [0, 0.1) is 5.41 Å². The Labute approximate surface area is 155 Å². The highest BCUT2D eigenvalue weighted by Gasteiger charge is 2.18. The van der Waals surface area contributed by atoms with Gasteiger partial charge in [0.1, 0.15) is 0 Å². The molecule has 7 nitrogen and oxygen atoms in total. The Morgan fingerprint density at radius 2 is 1.58 bits per heavy atom. The summed E-state index contributed by atoms with van der Waals surface area (Å²) in [6.07, 6.45) is 0.214. The first-order chi connectivity index (χ1) is 12.2. The van der Waals surface area contributed by atoms with Crippen LogP contribution < -0.4 is 15.8 Å². The first-order valence-electron chi connectivity index (χ1n) is 8.76. The Morgan fingerprint density at radius 3 is 2.08 bits per heavy atom. The molecule has 0 spiro atoms. The molecule has 2 N–H and O–H groups in total. The van der Waals surface area contributed by atoms with Crippen molar-refractivity contribution >= 4 is 23.5 Å². The first kappa shape index (κ1) is 21.5. The second-order valence-electron chi connectivity index (χ2n) is 7.12. The van der Waals surface area contributed by atoms with Gasteiger partial charge in [0.25, 0.3) is 11.8 Å². The van der Waals surface area contributed by atoms with E-state index < -0.39 is 24.4 Å². The van der Waals surface area contributed by atoms with E-state index in [1.54, 1.807) is 12.1 Å². The molecular formula is C19H29N3O4. The SMILES string of the molecule is CCN(CC)c1ccc(C(=O)NNC(=O)COC(=O)CC(C)(C)C)cc1. The van der Waals surface area contributed by atoms with Crippen LogP contribution in [0.4, 0.5) is 5.69 Å². The molecule has 1 rings (SSSR count). The molecule has 1 aromatic carbocycles. The number of nitrogens with zero attached hydrogens (tertiary/aromatic N) is 1. The van der Waals surface area contributed by atoms with Crippen LogP contribution in [0.2, 0.25) is 0 Å². The molecule has 2 amide bonds. The van der Waals surface area contributed by atoms with Crippen LogP contribution in [0.1, 0.15) is 51.4 Å². The second kappa shape index (κ2) is 9.79. The van der Waals surface area contributed by atoms with E-state index in [0.717, 1.165) is 18.8 Å². The van der Waals surface area contributed by atoms with Gasteiger partial charge in [-0.15, -0.1) is 0 Å². The summed E-state index contributed by atoms with van der Waals surface area (Å²) in [6, 6.07) is 7.10. The predicted molar refractivity (Wildman–Crippen MR) is 101 cm³/mol. The minimum atomic E-state index is -0.597. The molecule has 0 aliphatic heterocycles. The summed E-state index contributed by atoms with van der Waals surface area (Å²) < 4.78 is 4.88. The van der Waals surface area contributed by atoms with Crippen molar-refractivity contribution in [1.82, 2.24) is 10.9 Å². The lowest BCUT2D eigenvalue weighted by molar-refractivity contribution is -0.150. The van der Waals surface area contributed by atoms with Crippen molar-refractivity contribution in [3.63, 3.8) is 0 Å². The van der Waals surface area contributed by atoms with Crippen LogP contribution in [-0.2, 0) is 14.3 Å². The molecule has 0 radical (unpaired) electrons. The van der Waals surface area contributed by atoms with Crippen molar-refractivity contribution in [1.29, 1.82) is 0 Å². The number of benzene rings is 1. The van der Waals surface area contributed by atoms with Crippen LogP contribution >= 0.6 is 0 Å². The normalized spacial score (nSPS) is 10.8. The Hall–Kier alpha value is -2.57. The van der Waals surface area contributed by atoms with E-state index in [1.807, 2.05) is 32.9 Å². The van der Waals surface area contributed by atoms with Gasteiger partial charge in [-0.1, -0.05) is 20.8 Å². The average Bonchev–Trinajstić information content (AvgIpc) is 2.58. The number of hydrazine groups is 1. The van der Waals surface area contributed by atoms with Gasteiger partial charge in [-0.05, 0) is 43.5 Å². The number of rotatable bonds is 7. The number of anilines is 1. The lowest BCUT2D eigenvalue weighted by atomic mass is 9.93. The highest BCUT2D eigenvalue weighted by atomic mass is 16.5. The van der Waals surface area contributed by atoms with Gasteiger partial charge in [-0.25, -0.2) is 0 Å². The molecule has 0 bridgehead atoms. The first-order valence-corrected chi connectivity index (χ1v) is 8.76. The zero-order valence-electron chi connectivity index (χ0n) is 16.2. The van der Waals surface area contributed by atoms with Gasteiger partial charge < -0.3 is 9.64 Å². The molecule has 0 aliphatic carbocycles. The lowest BCUT2D eigenvalue weighted by Crippen LogP contribution is -2.43. The van der Waals surface area contributed by atoms with E-state index in [9.17, 15) is 14.4 Å². The summed E-state index contributed by atoms with van der Waals surface area (Å²) in [6.45, 7) is 11.2. The summed E-state index contributed by atoms with van der Waals surface area (Å²) in [7, 11) is 0. The Morgan fingerprint density at radius 1 is 1.00 bits per heavy atom. The van der Waals surface area contributed by atoms with Gasteiger partial charge in [0.2, 0.25) is 0 Å². The summed E-state index contributed by atoms with van der Waals surface area (Å²) in [5, 5.41) is 0. The molecule has 0 aliphatic rings. The Balaban J connectivity index is 2.43. The summed E-state index contributed by atoms with van der Waals surface area (Å²) in [4.78, 5) is 37.4. The highest BCUT2D eigenvalue weighted by molar-refractivity contribution is 5.95. The molecule has 1 aromatic rings. The zero-order valence-corrected chi connectivity index (χ0v) is 16.2. The van der Waals surface area contributed by atoms with Crippen LogP contribution in [0.25, 0.3) is 0 Å². The highest BCUT2D eigenvalue weighted by Crippen LogP contribution is 2.18. The van der Waals surface area contributed by atoms with Gasteiger partial charge in [0.15, 0.2) is 6.61 Å². The fourth-order valence-corrected chi connectivity index (χ4v) is 2.28. The largest absolute Gasteiger partial charge is 0.455 e. The van der Waals surface area contributed by atoms with Crippen molar-refractivity contribution in [2.75, 3.05) is 24.6 Å². The topological polar surface area (TPSA) is 87.7 Å². The molecule has 7 heteroatoms. The van der Waals surface area contributed by atoms with Crippen molar-refractivity contribution < 1.29 is 19.1 Å². The fourth-order valence-electron chi connectivity index (χ4n) is 2.28. The van der Waals surface area contributed by atoms with E-state index in [2.05, 4.69) is 29.6 Å². The van der Waals surface area contributed by atoms with Crippen molar-refractivity contribution in [3.8, 4) is 0 Å². The molecule has 0 atom stereocenters. The van der Waals surface area contributed by atoms with E-state index in [4.69, 9.17) is 4.74 Å². The third-order valence-corrected chi connectivity index (χ3v) is 3.61. The van der Waals surface area contributed by atoms with E-state index in [1.165, 1.54) is 0 Å². The molecule has 26 heavy (non-hydrogen) atoms. The standard InChI is InChI=1S/C19H29N3O4/c1-6-22(7-2)15-10-8-14(9-11-15)18(25)21-20-16(23)13-26-17(24)12-19(3,4)5/h8-11H,6-7,12-13H2,1-5H3,(H,20,23)(H,21,25).